The molecule has 1 amide bonds. The number of carbonyl (C=O) groups excluding carboxylic acids is 1. The molecule has 3 heterocycles. The fourth-order valence-electron chi connectivity index (χ4n) is 2.53. The van der Waals surface area contributed by atoms with E-state index in [0.717, 1.165) is 16.4 Å². The summed E-state index contributed by atoms with van der Waals surface area (Å²) >= 11 is 8.90. The van der Waals surface area contributed by atoms with Crippen molar-refractivity contribution >= 4 is 46.3 Å². The Labute approximate surface area is 174 Å². The van der Waals surface area contributed by atoms with E-state index in [1.54, 1.807) is 29.7 Å². The Kier molecular flexibility index (Phi) is 5.70. The number of nitrogens with zero attached hydrogens (tertiary/aromatic N) is 4. The summed E-state index contributed by atoms with van der Waals surface area (Å²) in [7, 11) is 0. The van der Waals surface area contributed by atoms with Crippen LogP contribution in [0.4, 0.5) is 5.69 Å². The molecule has 9 heteroatoms. The molecule has 0 atom stereocenters. The predicted molar refractivity (Wildman–Crippen MR) is 113 cm³/mol. The van der Waals surface area contributed by atoms with Crippen LogP contribution < -0.4 is 5.32 Å². The quantitative estimate of drug-likeness (QED) is 0.354. The van der Waals surface area contributed by atoms with Gasteiger partial charge in [0.15, 0.2) is 16.1 Å². The van der Waals surface area contributed by atoms with Gasteiger partial charge in [-0.05, 0) is 35.7 Å². The molecular formula is C19H14ClN5OS2. The zero-order chi connectivity index (χ0) is 19.3. The highest BCUT2D eigenvalue weighted by molar-refractivity contribution is 7.99. The van der Waals surface area contributed by atoms with Gasteiger partial charge in [0.25, 0.3) is 0 Å². The van der Waals surface area contributed by atoms with Gasteiger partial charge in [-0.25, -0.2) is 4.98 Å². The van der Waals surface area contributed by atoms with Crippen molar-refractivity contribution in [3.8, 4) is 16.4 Å². The van der Waals surface area contributed by atoms with E-state index in [-0.39, 0.29) is 16.8 Å². The summed E-state index contributed by atoms with van der Waals surface area (Å²) in [6.07, 6.45) is 1.57. The standard InChI is InChI=1S/C19H14ClN5OS2/c20-17-14(8-4-10-21-17)22-16(26)12-28-19-24-23-18(15-9-5-11-27-15)25(19)13-6-2-1-3-7-13/h1-11H,12H2,(H,22,26). The van der Waals surface area contributed by atoms with Gasteiger partial charge >= 0.3 is 0 Å². The first-order chi connectivity index (χ1) is 13.7. The number of thiophene rings is 1. The van der Waals surface area contributed by atoms with Gasteiger partial charge in [-0.15, -0.1) is 21.5 Å². The largest absolute Gasteiger partial charge is 0.323 e. The first-order valence-corrected chi connectivity index (χ1v) is 10.5. The van der Waals surface area contributed by atoms with Crippen LogP contribution >= 0.6 is 34.7 Å². The average Bonchev–Trinajstić information content (AvgIpc) is 3.38. The van der Waals surface area contributed by atoms with E-state index < -0.39 is 0 Å². The lowest BCUT2D eigenvalue weighted by atomic mass is 10.3. The summed E-state index contributed by atoms with van der Waals surface area (Å²) in [5.74, 6) is 0.722. The number of rotatable bonds is 6. The van der Waals surface area contributed by atoms with Crippen LogP contribution in [0.3, 0.4) is 0 Å². The smallest absolute Gasteiger partial charge is 0.234 e. The second-order valence-electron chi connectivity index (χ2n) is 5.63. The van der Waals surface area contributed by atoms with Gasteiger partial charge in [0, 0.05) is 11.9 Å². The Morgan fingerprint density at radius 3 is 2.71 bits per heavy atom. The minimum Gasteiger partial charge on any atom is -0.323 e. The normalized spacial score (nSPS) is 10.8. The van der Waals surface area contributed by atoms with Crippen LogP contribution in [0.5, 0.6) is 0 Å². The number of nitrogens with one attached hydrogen (secondary N) is 1. The van der Waals surface area contributed by atoms with Gasteiger partial charge in [-0.3, -0.25) is 9.36 Å². The molecule has 0 saturated heterocycles. The van der Waals surface area contributed by atoms with Gasteiger partial charge < -0.3 is 5.32 Å². The van der Waals surface area contributed by atoms with Crippen molar-refractivity contribution in [3.05, 3.63) is 71.3 Å². The van der Waals surface area contributed by atoms with Gasteiger partial charge in [-0.2, -0.15) is 0 Å². The number of hydrogen-bond acceptors (Lipinski definition) is 6. The molecule has 0 spiro atoms. The Bertz CT molecular complexity index is 1080. The van der Waals surface area contributed by atoms with E-state index >= 15 is 0 Å². The molecular weight excluding hydrogens is 414 g/mol. The maximum atomic E-state index is 12.3. The summed E-state index contributed by atoms with van der Waals surface area (Å²) in [5.41, 5.74) is 1.42. The monoisotopic (exact) mass is 427 g/mol. The first kappa shape index (κ1) is 18.7. The number of amides is 1. The first-order valence-electron chi connectivity index (χ1n) is 8.30. The Balaban J connectivity index is 1.56. The molecule has 0 saturated carbocycles. The number of pyridine rings is 1. The van der Waals surface area contributed by atoms with E-state index in [4.69, 9.17) is 11.6 Å². The fourth-order valence-corrected chi connectivity index (χ4v) is 4.15. The van der Waals surface area contributed by atoms with Gasteiger partial charge in [0.2, 0.25) is 5.91 Å². The average molecular weight is 428 g/mol. The highest BCUT2D eigenvalue weighted by atomic mass is 35.5. The van der Waals surface area contributed by atoms with Crippen LogP contribution in [0.25, 0.3) is 16.4 Å². The van der Waals surface area contributed by atoms with Crippen molar-refractivity contribution in [2.75, 3.05) is 11.1 Å². The molecule has 6 nitrogen and oxygen atoms in total. The number of halogens is 1. The number of carbonyl (C=O) groups is 1. The van der Waals surface area contributed by atoms with Crippen molar-refractivity contribution in [1.29, 1.82) is 0 Å². The molecule has 4 aromatic rings. The van der Waals surface area contributed by atoms with Crippen molar-refractivity contribution in [3.63, 3.8) is 0 Å². The molecule has 3 aromatic heterocycles. The molecule has 1 N–H and O–H groups in total. The summed E-state index contributed by atoms with van der Waals surface area (Å²) in [6, 6.07) is 17.2. The lowest BCUT2D eigenvalue weighted by Crippen LogP contribution is -2.15. The second kappa shape index (κ2) is 8.55. The van der Waals surface area contributed by atoms with E-state index in [1.807, 2.05) is 52.4 Å². The van der Waals surface area contributed by atoms with Crippen molar-refractivity contribution < 1.29 is 4.79 Å². The number of benzene rings is 1. The molecule has 28 heavy (non-hydrogen) atoms. The minimum absolute atomic E-state index is 0.167. The molecule has 0 bridgehead atoms. The molecule has 4 rings (SSSR count). The van der Waals surface area contributed by atoms with Crippen LogP contribution in [-0.4, -0.2) is 31.4 Å². The maximum Gasteiger partial charge on any atom is 0.234 e. The molecule has 0 unspecified atom stereocenters. The lowest BCUT2D eigenvalue weighted by molar-refractivity contribution is -0.113. The number of thioether (sulfide) groups is 1. The third kappa shape index (κ3) is 4.09. The molecule has 0 aliphatic heterocycles. The van der Waals surface area contributed by atoms with Gasteiger partial charge in [-0.1, -0.05) is 47.6 Å². The van der Waals surface area contributed by atoms with Crippen LogP contribution in [-0.2, 0) is 4.79 Å². The zero-order valence-electron chi connectivity index (χ0n) is 14.4. The van der Waals surface area contributed by atoms with Crippen molar-refractivity contribution in [1.82, 2.24) is 19.7 Å². The minimum atomic E-state index is -0.194. The molecule has 0 aliphatic carbocycles. The van der Waals surface area contributed by atoms with Crippen molar-refractivity contribution in [2.24, 2.45) is 0 Å². The Hall–Kier alpha value is -2.68. The van der Waals surface area contributed by atoms with Crippen LogP contribution in [0.1, 0.15) is 0 Å². The third-order valence-corrected chi connectivity index (χ3v) is 5.85. The van der Waals surface area contributed by atoms with Crippen molar-refractivity contribution in [2.45, 2.75) is 5.16 Å². The second-order valence-corrected chi connectivity index (χ2v) is 7.88. The fraction of sp³-hybridized carbons (Fsp3) is 0.0526. The number of anilines is 1. The Morgan fingerprint density at radius 2 is 1.96 bits per heavy atom. The summed E-state index contributed by atoms with van der Waals surface area (Å²) < 4.78 is 1.96. The number of aromatic nitrogens is 4. The molecule has 0 radical (unpaired) electrons. The molecule has 0 aliphatic rings. The van der Waals surface area contributed by atoms with Gasteiger partial charge in [0.05, 0.1) is 16.3 Å². The van der Waals surface area contributed by atoms with Crippen LogP contribution in [0, 0.1) is 0 Å². The highest BCUT2D eigenvalue weighted by Crippen LogP contribution is 2.30. The van der Waals surface area contributed by atoms with E-state index in [2.05, 4.69) is 20.5 Å². The molecule has 140 valence electrons. The molecule has 1 aromatic carbocycles. The van der Waals surface area contributed by atoms with Crippen LogP contribution in [0.15, 0.2) is 71.3 Å². The predicted octanol–water partition coefficient (Wildman–Crippen LogP) is 4.78. The topological polar surface area (TPSA) is 72.7 Å². The number of hydrogen-bond donors (Lipinski definition) is 1. The highest BCUT2D eigenvalue weighted by Gasteiger charge is 2.18. The summed E-state index contributed by atoms with van der Waals surface area (Å²) in [5, 5.41) is 14.3. The van der Waals surface area contributed by atoms with E-state index in [0.29, 0.717) is 10.8 Å². The third-order valence-electron chi connectivity index (χ3n) is 3.75. The SMILES string of the molecule is O=C(CSc1nnc(-c2cccs2)n1-c1ccccc1)Nc1cccnc1Cl. The van der Waals surface area contributed by atoms with E-state index in [1.165, 1.54) is 11.8 Å². The summed E-state index contributed by atoms with van der Waals surface area (Å²) in [6.45, 7) is 0. The lowest BCUT2D eigenvalue weighted by Gasteiger charge is -2.09. The molecule has 0 fully saturated rings. The number of para-hydroxylation sites is 1. The van der Waals surface area contributed by atoms with E-state index in [9.17, 15) is 4.79 Å². The zero-order valence-corrected chi connectivity index (χ0v) is 16.8. The van der Waals surface area contributed by atoms with Crippen LogP contribution in [0.2, 0.25) is 5.15 Å². The van der Waals surface area contributed by atoms with Gasteiger partial charge in [0.1, 0.15) is 0 Å². The summed E-state index contributed by atoms with van der Waals surface area (Å²) in [4.78, 5) is 17.3. The Morgan fingerprint density at radius 1 is 1.11 bits per heavy atom. The maximum absolute atomic E-state index is 12.3.